The predicted octanol–water partition coefficient (Wildman–Crippen LogP) is 13.5. The van der Waals surface area contributed by atoms with E-state index in [1.807, 2.05) is 78.9 Å². The number of hydrogen-bond donors (Lipinski definition) is 0. The molecule has 0 saturated carbocycles. The summed E-state index contributed by atoms with van der Waals surface area (Å²) in [6, 6.07) is 58.4. The molecular weight excluding hydrogens is 801 g/mol. The lowest BCUT2D eigenvalue weighted by Gasteiger charge is -2.21. The molecule has 8 aromatic carbocycles. The Kier molecular flexibility index (Phi) is 9.34. The third-order valence-electron chi connectivity index (χ3n) is 13.0. The van der Waals surface area contributed by atoms with Crippen molar-refractivity contribution in [2.45, 2.75) is 19.3 Å². The van der Waals surface area contributed by atoms with Crippen LogP contribution in [-0.2, 0) is 5.41 Å². The first-order chi connectivity index (χ1) is 32.3. The molecular formula is C62H38N4. The zero-order valence-corrected chi connectivity index (χ0v) is 36.3. The van der Waals surface area contributed by atoms with Crippen molar-refractivity contribution in [3.63, 3.8) is 0 Å². The number of nitrogens with zero attached hydrogens (tertiary/aromatic N) is 4. The first-order valence-corrected chi connectivity index (χ1v) is 21.7. The van der Waals surface area contributed by atoms with Gasteiger partial charge in [0.25, 0.3) is 0 Å². The number of fused-ring (bicyclic) bond motifs is 6. The minimum atomic E-state index is -0.200. The van der Waals surface area contributed by atoms with Gasteiger partial charge in [0, 0.05) is 49.6 Å². The summed E-state index contributed by atoms with van der Waals surface area (Å²) in [6.07, 6.45) is 23.7. The lowest BCUT2D eigenvalue weighted by molar-refractivity contribution is 0.661. The van der Waals surface area contributed by atoms with Crippen LogP contribution in [0.4, 0.5) is 0 Å². The monoisotopic (exact) mass is 838 g/mol. The topological polar surface area (TPSA) is 43.6 Å². The van der Waals surface area contributed by atoms with Crippen LogP contribution < -0.4 is 0 Å². The van der Waals surface area contributed by atoms with Crippen LogP contribution in [0.15, 0.2) is 170 Å². The summed E-state index contributed by atoms with van der Waals surface area (Å²) in [5.74, 6) is 12.7. The normalized spacial score (nSPS) is 12.2. The van der Waals surface area contributed by atoms with E-state index in [2.05, 4.69) is 133 Å². The van der Waals surface area contributed by atoms with Crippen molar-refractivity contribution < 1.29 is 0 Å². The van der Waals surface area contributed by atoms with Crippen molar-refractivity contribution in [1.82, 2.24) is 19.5 Å². The van der Waals surface area contributed by atoms with Crippen molar-refractivity contribution in [3.05, 3.63) is 203 Å². The molecule has 0 N–H and O–H groups in total. The number of benzene rings is 8. The second kappa shape index (κ2) is 15.6. The Morgan fingerprint density at radius 2 is 0.955 bits per heavy atom. The van der Waals surface area contributed by atoms with E-state index in [-0.39, 0.29) is 5.41 Å². The average Bonchev–Trinajstić information content (AvgIpc) is 3.82. The molecule has 66 heavy (non-hydrogen) atoms. The van der Waals surface area contributed by atoms with E-state index in [0.29, 0.717) is 39.9 Å². The van der Waals surface area contributed by atoms with Crippen molar-refractivity contribution in [1.29, 1.82) is 0 Å². The maximum absolute atomic E-state index is 6.00. The molecule has 0 spiro atoms. The van der Waals surface area contributed by atoms with Gasteiger partial charge in [0.15, 0.2) is 11.6 Å². The molecule has 1 aliphatic carbocycles. The number of terminal acetylenes is 4. The van der Waals surface area contributed by atoms with Gasteiger partial charge in [-0.15, -0.1) is 25.7 Å². The highest BCUT2D eigenvalue weighted by Crippen LogP contribution is 2.51. The first kappa shape index (κ1) is 39.6. The second-order valence-electron chi connectivity index (χ2n) is 17.0. The van der Waals surface area contributed by atoms with Crippen LogP contribution in [0.1, 0.15) is 47.2 Å². The molecule has 11 rings (SSSR count). The lowest BCUT2D eigenvalue weighted by atomic mass is 9.82. The summed E-state index contributed by atoms with van der Waals surface area (Å²) in [6.45, 7) is 4.62. The van der Waals surface area contributed by atoms with Gasteiger partial charge in [-0.2, -0.15) is 9.97 Å². The summed E-state index contributed by atoms with van der Waals surface area (Å²) < 4.78 is 2.20. The summed E-state index contributed by atoms with van der Waals surface area (Å²) >= 11 is 0. The zero-order valence-electron chi connectivity index (χ0n) is 36.3. The maximum atomic E-state index is 6.00. The van der Waals surface area contributed by atoms with Crippen LogP contribution in [0, 0.1) is 49.4 Å². The fourth-order valence-corrected chi connectivity index (χ4v) is 9.76. The van der Waals surface area contributed by atoms with Crippen LogP contribution >= 0.6 is 0 Å². The maximum Gasteiger partial charge on any atom is 0.238 e. The van der Waals surface area contributed by atoms with Crippen LogP contribution in [-0.4, -0.2) is 19.5 Å². The van der Waals surface area contributed by atoms with Crippen molar-refractivity contribution >= 4 is 21.8 Å². The fourth-order valence-electron chi connectivity index (χ4n) is 9.76. The molecule has 0 atom stereocenters. The second-order valence-corrected chi connectivity index (χ2v) is 17.0. The molecule has 4 nitrogen and oxygen atoms in total. The highest BCUT2D eigenvalue weighted by molar-refractivity contribution is 6.11. The minimum absolute atomic E-state index is 0.200. The molecule has 4 heteroatoms. The Balaban J connectivity index is 1.15. The molecule has 0 saturated heterocycles. The number of aromatic nitrogens is 4. The van der Waals surface area contributed by atoms with Crippen molar-refractivity contribution in [2.24, 2.45) is 0 Å². The molecule has 0 aliphatic heterocycles. The first-order valence-electron chi connectivity index (χ1n) is 21.7. The van der Waals surface area contributed by atoms with E-state index in [0.717, 1.165) is 66.3 Å². The third kappa shape index (κ3) is 6.29. The average molecular weight is 839 g/mol. The van der Waals surface area contributed by atoms with E-state index < -0.39 is 0 Å². The largest absolute Gasteiger partial charge is 0.278 e. The van der Waals surface area contributed by atoms with Crippen LogP contribution in [0.25, 0.3) is 95.0 Å². The van der Waals surface area contributed by atoms with E-state index in [4.69, 9.17) is 40.6 Å². The van der Waals surface area contributed by atoms with Gasteiger partial charge >= 0.3 is 0 Å². The molecule has 0 bridgehead atoms. The SMILES string of the molecule is C#Cc1ccc(-c2cccc(-c3ccc(C#C)c(C#C)c3)c2-c2cccc(-c3nc(-c4ccccc4)nc(-n4c5ccccc5c5cc6c(cc54)C(C)(C)c4ccccc4-6)n3)c2)cc1C#C. The van der Waals surface area contributed by atoms with E-state index in [9.17, 15) is 0 Å². The van der Waals surface area contributed by atoms with Crippen LogP contribution in [0.3, 0.4) is 0 Å². The van der Waals surface area contributed by atoms with Crippen LogP contribution in [0.5, 0.6) is 0 Å². The summed E-state index contributed by atoms with van der Waals surface area (Å²) in [5, 5.41) is 2.26. The predicted molar refractivity (Wildman–Crippen MR) is 271 cm³/mol. The van der Waals surface area contributed by atoms with Gasteiger partial charge in [-0.25, -0.2) is 4.98 Å². The van der Waals surface area contributed by atoms with Gasteiger partial charge in [0.1, 0.15) is 0 Å². The van der Waals surface area contributed by atoms with E-state index >= 15 is 0 Å². The van der Waals surface area contributed by atoms with Crippen molar-refractivity contribution in [3.8, 4) is 123 Å². The van der Waals surface area contributed by atoms with E-state index in [1.165, 1.54) is 22.3 Å². The Bertz CT molecular complexity index is 3740. The fraction of sp³-hybridized carbons (Fsp3) is 0.0484. The van der Waals surface area contributed by atoms with Gasteiger partial charge in [0.05, 0.1) is 11.0 Å². The highest BCUT2D eigenvalue weighted by atomic mass is 15.2. The number of hydrogen-bond acceptors (Lipinski definition) is 3. The standard InChI is InChI=1S/C62H38N4/c1-7-39-30-32-44(34-41(39)9-3)48-26-19-27-49(45-33-31-40(8-2)42(10-4)35-45)58(48)46-22-18-23-47(36-46)60-63-59(43-20-12-11-13-21-43)64-61(65-60)66-56-29-17-15-25-51(56)53-37-52-50-24-14-16-28-54(50)62(5,6)55(52)38-57(53)66/h1-4,11-38H,5-6H3. The van der Waals surface area contributed by atoms with Gasteiger partial charge in [-0.3, -0.25) is 4.57 Å². The Labute approximate surface area is 384 Å². The quantitative estimate of drug-likeness (QED) is 0.157. The zero-order chi connectivity index (χ0) is 45.1. The molecule has 0 fully saturated rings. The Hall–Kier alpha value is -9.19. The van der Waals surface area contributed by atoms with Gasteiger partial charge in [-0.1, -0.05) is 159 Å². The Morgan fingerprint density at radius 1 is 0.394 bits per heavy atom. The summed E-state index contributed by atoms with van der Waals surface area (Å²) in [5.41, 5.74) is 16.9. The lowest BCUT2D eigenvalue weighted by Crippen LogP contribution is -2.15. The van der Waals surface area contributed by atoms with Crippen LogP contribution in [0.2, 0.25) is 0 Å². The summed E-state index contributed by atoms with van der Waals surface area (Å²) in [7, 11) is 0. The third-order valence-corrected chi connectivity index (χ3v) is 13.0. The molecule has 306 valence electrons. The van der Waals surface area contributed by atoms with E-state index in [1.54, 1.807) is 0 Å². The van der Waals surface area contributed by atoms with Crippen molar-refractivity contribution in [2.75, 3.05) is 0 Å². The molecule has 1 aliphatic rings. The molecule has 2 aromatic heterocycles. The highest BCUT2D eigenvalue weighted by Gasteiger charge is 2.36. The molecule has 2 heterocycles. The number of rotatable bonds is 6. The smallest absolute Gasteiger partial charge is 0.238 e. The molecule has 10 aromatic rings. The number of para-hydroxylation sites is 1. The van der Waals surface area contributed by atoms with Gasteiger partial charge in [0.2, 0.25) is 5.95 Å². The van der Waals surface area contributed by atoms with Gasteiger partial charge in [-0.05, 0) is 104 Å². The Morgan fingerprint density at radius 3 is 1.64 bits per heavy atom. The minimum Gasteiger partial charge on any atom is -0.278 e. The summed E-state index contributed by atoms with van der Waals surface area (Å²) in [4.78, 5) is 15.9. The molecule has 0 amide bonds. The molecule has 0 radical (unpaired) electrons. The molecule has 0 unspecified atom stereocenters. The van der Waals surface area contributed by atoms with Gasteiger partial charge < -0.3 is 0 Å².